The minimum absolute atomic E-state index is 0.0202. The van der Waals surface area contributed by atoms with Crippen molar-refractivity contribution in [1.29, 1.82) is 0 Å². The number of nitrogens with two attached hydrogens (primary N) is 1. The van der Waals surface area contributed by atoms with Crippen LogP contribution in [0.25, 0.3) is 0 Å². The molecule has 0 aromatic rings. The zero-order valence-corrected chi connectivity index (χ0v) is 10.2. The molecule has 0 radical (unpaired) electrons. The van der Waals surface area contributed by atoms with E-state index in [1.165, 1.54) is 0 Å². The standard InChI is InChI=1S/C11H20N2O4/c1-3-5-8(7-9(12)10(14)15)11(16)17-13-6-4-2/h3,5,8-9,13H,4,6-7,12H2,1-2H3,(H,14,15)/t8?,9-/m0/s1. The SMILES string of the molecule is CC=CC(C[C@H](N)C(=O)O)C(=O)ONCCC. The fraction of sp³-hybridized carbons (Fsp3) is 0.636. The van der Waals surface area contributed by atoms with E-state index >= 15 is 0 Å². The monoisotopic (exact) mass is 244 g/mol. The maximum absolute atomic E-state index is 11.6. The van der Waals surface area contributed by atoms with Crippen LogP contribution in [-0.2, 0) is 14.4 Å². The Morgan fingerprint density at radius 1 is 1.53 bits per heavy atom. The predicted octanol–water partition coefficient (Wildman–Crippen LogP) is 0.439. The molecule has 0 bridgehead atoms. The van der Waals surface area contributed by atoms with Crippen molar-refractivity contribution in [3.05, 3.63) is 12.2 Å². The zero-order chi connectivity index (χ0) is 13.3. The van der Waals surface area contributed by atoms with Crippen molar-refractivity contribution < 1.29 is 19.5 Å². The van der Waals surface area contributed by atoms with Crippen molar-refractivity contribution in [1.82, 2.24) is 5.48 Å². The van der Waals surface area contributed by atoms with Crippen molar-refractivity contribution in [3.8, 4) is 0 Å². The van der Waals surface area contributed by atoms with Gasteiger partial charge in [-0.25, -0.2) is 4.79 Å². The number of carboxylic acids is 1. The number of allylic oxidation sites excluding steroid dienone is 1. The van der Waals surface area contributed by atoms with E-state index in [1.54, 1.807) is 19.1 Å². The molecule has 0 saturated heterocycles. The van der Waals surface area contributed by atoms with E-state index < -0.39 is 23.9 Å². The highest BCUT2D eigenvalue weighted by Crippen LogP contribution is 2.10. The molecule has 6 nitrogen and oxygen atoms in total. The molecule has 4 N–H and O–H groups in total. The highest BCUT2D eigenvalue weighted by Gasteiger charge is 2.23. The fourth-order valence-corrected chi connectivity index (χ4v) is 1.16. The summed E-state index contributed by atoms with van der Waals surface area (Å²) in [6, 6.07) is -1.07. The molecule has 0 rings (SSSR count). The number of rotatable bonds is 8. The third-order valence-electron chi connectivity index (χ3n) is 2.08. The number of carbonyl (C=O) groups is 2. The molecule has 0 aromatic carbocycles. The lowest BCUT2D eigenvalue weighted by molar-refractivity contribution is -0.155. The van der Waals surface area contributed by atoms with Crippen LogP contribution >= 0.6 is 0 Å². The van der Waals surface area contributed by atoms with Gasteiger partial charge in [0.2, 0.25) is 0 Å². The molecule has 2 atom stereocenters. The highest BCUT2D eigenvalue weighted by molar-refractivity contribution is 5.77. The second-order valence-electron chi connectivity index (χ2n) is 3.63. The lowest BCUT2D eigenvalue weighted by Gasteiger charge is -2.14. The predicted molar refractivity (Wildman–Crippen MR) is 62.9 cm³/mol. The molecular weight excluding hydrogens is 224 g/mol. The van der Waals surface area contributed by atoms with Crippen molar-refractivity contribution in [2.45, 2.75) is 32.7 Å². The van der Waals surface area contributed by atoms with Gasteiger partial charge >= 0.3 is 11.9 Å². The summed E-state index contributed by atoms with van der Waals surface area (Å²) in [5.41, 5.74) is 7.88. The van der Waals surface area contributed by atoms with Gasteiger partial charge in [0.1, 0.15) is 6.04 Å². The summed E-state index contributed by atoms with van der Waals surface area (Å²) in [6.07, 6.45) is 4.10. The summed E-state index contributed by atoms with van der Waals surface area (Å²) in [4.78, 5) is 27.0. The Bertz CT molecular complexity index is 279. The molecule has 0 spiro atoms. The second-order valence-corrected chi connectivity index (χ2v) is 3.63. The molecular formula is C11H20N2O4. The Hall–Kier alpha value is -1.40. The Kier molecular flexibility index (Phi) is 8.00. The van der Waals surface area contributed by atoms with E-state index in [9.17, 15) is 9.59 Å². The average molecular weight is 244 g/mol. The molecule has 6 heteroatoms. The fourth-order valence-electron chi connectivity index (χ4n) is 1.16. The molecule has 1 unspecified atom stereocenters. The molecule has 0 aliphatic rings. The highest BCUT2D eigenvalue weighted by atomic mass is 16.7. The van der Waals surface area contributed by atoms with E-state index in [0.29, 0.717) is 6.54 Å². The maximum Gasteiger partial charge on any atom is 0.331 e. The van der Waals surface area contributed by atoms with Gasteiger partial charge in [-0.3, -0.25) is 4.79 Å². The first-order valence-electron chi connectivity index (χ1n) is 5.57. The van der Waals surface area contributed by atoms with Crippen LogP contribution in [-0.4, -0.2) is 29.6 Å². The molecule has 0 aromatic heterocycles. The van der Waals surface area contributed by atoms with Gasteiger partial charge in [0, 0.05) is 6.54 Å². The van der Waals surface area contributed by atoms with Gasteiger partial charge < -0.3 is 15.7 Å². The van der Waals surface area contributed by atoms with Crippen LogP contribution in [0.4, 0.5) is 0 Å². The number of hydrogen-bond acceptors (Lipinski definition) is 5. The number of carbonyl (C=O) groups excluding carboxylic acids is 1. The topological polar surface area (TPSA) is 102 Å². The number of hydrogen-bond donors (Lipinski definition) is 3. The van der Waals surface area contributed by atoms with Gasteiger partial charge in [-0.1, -0.05) is 19.1 Å². The van der Waals surface area contributed by atoms with Gasteiger partial charge in [0.25, 0.3) is 0 Å². The van der Waals surface area contributed by atoms with Crippen LogP contribution in [0.15, 0.2) is 12.2 Å². The Balaban J connectivity index is 4.30. The van der Waals surface area contributed by atoms with Crippen LogP contribution in [0, 0.1) is 5.92 Å². The van der Waals surface area contributed by atoms with Gasteiger partial charge in [0.15, 0.2) is 0 Å². The third kappa shape index (κ3) is 6.70. The minimum atomic E-state index is -1.13. The third-order valence-corrected chi connectivity index (χ3v) is 2.08. The van der Waals surface area contributed by atoms with E-state index in [4.69, 9.17) is 15.7 Å². The Morgan fingerprint density at radius 3 is 2.65 bits per heavy atom. The largest absolute Gasteiger partial charge is 0.480 e. The van der Waals surface area contributed by atoms with Crippen LogP contribution < -0.4 is 11.2 Å². The number of carboxylic acid groups (broad SMARTS) is 1. The molecule has 0 heterocycles. The molecule has 0 aliphatic heterocycles. The number of aliphatic carboxylic acids is 1. The molecule has 17 heavy (non-hydrogen) atoms. The first-order chi connectivity index (χ1) is 8.02. The molecule has 0 amide bonds. The van der Waals surface area contributed by atoms with Crippen molar-refractivity contribution in [2.24, 2.45) is 11.7 Å². The summed E-state index contributed by atoms with van der Waals surface area (Å²) in [7, 11) is 0. The van der Waals surface area contributed by atoms with Crippen molar-refractivity contribution in [2.75, 3.05) is 6.54 Å². The van der Waals surface area contributed by atoms with Crippen LogP contribution in [0.3, 0.4) is 0 Å². The number of hydroxylamine groups is 1. The van der Waals surface area contributed by atoms with Crippen molar-refractivity contribution >= 4 is 11.9 Å². The maximum atomic E-state index is 11.6. The van der Waals surface area contributed by atoms with E-state index in [1.807, 2.05) is 6.92 Å². The summed E-state index contributed by atoms with van der Waals surface area (Å²) in [6.45, 7) is 4.23. The molecule has 98 valence electrons. The smallest absolute Gasteiger partial charge is 0.331 e. The van der Waals surface area contributed by atoms with E-state index in [-0.39, 0.29) is 6.42 Å². The summed E-state index contributed by atoms with van der Waals surface area (Å²) in [5.74, 6) is -2.29. The first kappa shape index (κ1) is 15.6. The van der Waals surface area contributed by atoms with E-state index in [0.717, 1.165) is 6.42 Å². The van der Waals surface area contributed by atoms with Gasteiger partial charge in [-0.2, -0.15) is 5.48 Å². The Labute approximate surface area is 101 Å². The van der Waals surface area contributed by atoms with Crippen LogP contribution in [0.5, 0.6) is 0 Å². The normalized spacial score (nSPS) is 14.5. The lowest BCUT2D eigenvalue weighted by Crippen LogP contribution is -2.35. The second kappa shape index (κ2) is 8.72. The van der Waals surface area contributed by atoms with E-state index in [2.05, 4.69) is 5.48 Å². The Morgan fingerprint density at radius 2 is 2.18 bits per heavy atom. The van der Waals surface area contributed by atoms with Crippen LogP contribution in [0.2, 0.25) is 0 Å². The van der Waals surface area contributed by atoms with Gasteiger partial charge in [-0.05, 0) is 19.8 Å². The van der Waals surface area contributed by atoms with Gasteiger partial charge in [0.05, 0.1) is 5.92 Å². The first-order valence-corrected chi connectivity index (χ1v) is 5.57. The van der Waals surface area contributed by atoms with Gasteiger partial charge in [-0.15, -0.1) is 0 Å². The molecule has 0 fully saturated rings. The summed E-state index contributed by atoms with van der Waals surface area (Å²) >= 11 is 0. The summed E-state index contributed by atoms with van der Waals surface area (Å²) in [5, 5.41) is 8.68. The molecule has 0 aliphatic carbocycles. The lowest BCUT2D eigenvalue weighted by atomic mass is 10.00. The molecule has 0 saturated carbocycles. The summed E-state index contributed by atoms with van der Waals surface area (Å²) < 4.78 is 0. The van der Waals surface area contributed by atoms with Crippen LogP contribution in [0.1, 0.15) is 26.7 Å². The quantitative estimate of drug-likeness (QED) is 0.325. The number of nitrogens with one attached hydrogen (secondary N) is 1. The zero-order valence-electron chi connectivity index (χ0n) is 10.2. The average Bonchev–Trinajstić information content (AvgIpc) is 2.28. The van der Waals surface area contributed by atoms with Crippen molar-refractivity contribution in [3.63, 3.8) is 0 Å². The minimum Gasteiger partial charge on any atom is -0.480 e.